The molecule has 1 aliphatic rings. The molecule has 2 heterocycles. The monoisotopic (exact) mass is 565 g/mol. The van der Waals surface area contributed by atoms with Crippen LogP contribution in [0.1, 0.15) is 16.7 Å². The summed E-state index contributed by atoms with van der Waals surface area (Å²) in [6.07, 6.45) is -2.30. The molecule has 176 valence electrons. The summed E-state index contributed by atoms with van der Waals surface area (Å²) >= 11 is 0. The average molecular weight is 565 g/mol. The van der Waals surface area contributed by atoms with E-state index in [0.29, 0.717) is 30.5 Å². The summed E-state index contributed by atoms with van der Waals surface area (Å²) in [7, 11) is 4.90. The Labute approximate surface area is 202 Å². The number of aromatic nitrogens is 1. The first-order chi connectivity index (χ1) is 14.9. The molecule has 0 unspecified atom stereocenters. The van der Waals surface area contributed by atoms with E-state index in [-0.39, 0.29) is 36.3 Å². The van der Waals surface area contributed by atoms with Gasteiger partial charge in [-0.1, -0.05) is 0 Å². The highest BCUT2D eigenvalue weighted by molar-refractivity contribution is 14.0. The number of pyridine rings is 1. The van der Waals surface area contributed by atoms with Gasteiger partial charge in [0.15, 0.2) is 17.5 Å². The fourth-order valence-electron chi connectivity index (χ4n) is 3.53. The lowest BCUT2D eigenvalue weighted by Crippen LogP contribution is -2.45. The maximum absolute atomic E-state index is 13.1. The number of nitrogens with zero attached hydrogens (tertiary/aromatic N) is 3. The zero-order chi connectivity index (χ0) is 22.4. The highest BCUT2D eigenvalue weighted by atomic mass is 127. The number of alkyl halides is 3. The van der Waals surface area contributed by atoms with E-state index in [1.807, 2.05) is 12.1 Å². The van der Waals surface area contributed by atoms with Gasteiger partial charge in [0.05, 0.1) is 19.8 Å². The standard InChI is InChI=1S/C21H26F3N5O2.HI/c1-25-20(28-9-8-27-19-16(21(22,23)24)5-4-7-26-19)29-10-6-14-11-17(30-2)18(31-3)12-15(14)13-29;/h4-5,7,11-12H,6,8-10,13H2,1-3H3,(H,25,28)(H,26,27);1H. The summed E-state index contributed by atoms with van der Waals surface area (Å²) in [5.74, 6) is 1.88. The molecule has 0 amide bonds. The third-order valence-electron chi connectivity index (χ3n) is 5.04. The summed E-state index contributed by atoms with van der Waals surface area (Å²) in [4.78, 5) is 10.2. The molecule has 0 spiro atoms. The molecule has 2 aromatic rings. The third-order valence-corrected chi connectivity index (χ3v) is 5.04. The summed E-state index contributed by atoms with van der Waals surface area (Å²) < 4.78 is 50.0. The largest absolute Gasteiger partial charge is 0.493 e. The van der Waals surface area contributed by atoms with Crippen molar-refractivity contribution in [2.45, 2.75) is 19.1 Å². The predicted octanol–water partition coefficient (Wildman–Crippen LogP) is 3.78. The lowest BCUT2D eigenvalue weighted by atomic mass is 9.99. The minimum absolute atomic E-state index is 0. The molecule has 0 saturated carbocycles. The van der Waals surface area contributed by atoms with Crippen LogP contribution in [0.2, 0.25) is 0 Å². The molecule has 1 aliphatic heterocycles. The lowest BCUT2D eigenvalue weighted by Gasteiger charge is -2.32. The molecule has 1 aromatic carbocycles. The van der Waals surface area contributed by atoms with E-state index < -0.39 is 11.7 Å². The number of hydrogen-bond acceptors (Lipinski definition) is 5. The molecule has 0 radical (unpaired) electrons. The molecule has 0 saturated heterocycles. The van der Waals surface area contributed by atoms with Crippen LogP contribution >= 0.6 is 24.0 Å². The van der Waals surface area contributed by atoms with Gasteiger partial charge in [-0.2, -0.15) is 13.2 Å². The van der Waals surface area contributed by atoms with E-state index in [9.17, 15) is 13.2 Å². The van der Waals surface area contributed by atoms with Crippen molar-refractivity contribution in [2.24, 2.45) is 4.99 Å². The fraction of sp³-hybridized carbons (Fsp3) is 0.429. The van der Waals surface area contributed by atoms with Crippen LogP contribution in [-0.2, 0) is 19.1 Å². The van der Waals surface area contributed by atoms with Crippen molar-refractivity contribution in [3.05, 3.63) is 47.2 Å². The summed E-state index contributed by atoms with van der Waals surface area (Å²) in [5.41, 5.74) is 1.53. The Kier molecular flexibility index (Phi) is 9.22. The zero-order valence-corrected chi connectivity index (χ0v) is 20.5. The average Bonchev–Trinajstić information content (AvgIpc) is 2.77. The van der Waals surface area contributed by atoms with Crippen molar-refractivity contribution < 1.29 is 22.6 Å². The predicted molar refractivity (Wildman–Crippen MR) is 128 cm³/mol. The minimum atomic E-state index is -4.45. The van der Waals surface area contributed by atoms with Gasteiger partial charge in [0.2, 0.25) is 0 Å². The van der Waals surface area contributed by atoms with E-state index in [1.165, 1.54) is 17.8 Å². The van der Waals surface area contributed by atoms with Crippen molar-refractivity contribution in [1.82, 2.24) is 15.2 Å². The van der Waals surface area contributed by atoms with E-state index in [0.717, 1.165) is 24.6 Å². The van der Waals surface area contributed by atoms with E-state index in [2.05, 4.69) is 25.5 Å². The second-order valence-corrected chi connectivity index (χ2v) is 6.95. The number of fused-ring (bicyclic) bond motifs is 1. The van der Waals surface area contributed by atoms with Crippen molar-refractivity contribution in [3.8, 4) is 11.5 Å². The summed E-state index contributed by atoms with van der Waals surface area (Å²) in [6.45, 7) is 2.04. The fourth-order valence-corrected chi connectivity index (χ4v) is 3.53. The molecular formula is C21H27F3IN5O2. The van der Waals surface area contributed by atoms with Gasteiger partial charge in [-0.25, -0.2) is 4.98 Å². The highest BCUT2D eigenvalue weighted by Gasteiger charge is 2.34. The smallest absolute Gasteiger partial charge is 0.419 e. The molecular weight excluding hydrogens is 538 g/mol. The Balaban J connectivity index is 0.00000363. The number of guanidine groups is 1. The Morgan fingerprint density at radius 2 is 1.84 bits per heavy atom. The normalized spacial score (nSPS) is 13.7. The molecule has 7 nitrogen and oxygen atoms in total. The molecule has 3 rings (SSSR count). The number of methoxy groups -OCH3 is 2. The SMILES string of the molecule is CN=C(NCCNc1ncccc1C(F)(F)F)N1CCc2cc(OC)c(OC)cc2C1.I. The Hall–Kier alpha value is -2.44. The second kappa shape index (κ2) is 11.4. The molecule has 11 heteroatoms. The first kappa shape index (κ1) is 25.8. The summed E-state index contributed by atoms with van der Waals surface area (Å²) in [5, 5.41) is 5.95. The van der Waals surface area contributed by atoms with Gasteiger partial charge >= 0.3 is 6.18 Å². The zero-order valence-electron chi connectivity index (χ0n) is 18.1. The van der Waals surface area contributed by atoms with Gasteiger partial charge in [-0.15, -0.1) is 24.0 Å². The van der Waals surface area contributed by atoms with E-state index in [4.69, 9.17) is 9.47 Å². The maximum atomic E-state index is 13.1. The Morgan fingerprint density at radius 3 is 2.47 bits per heavy atom. The van der Waals surface area contributed by atoms with Gasteiger partial charge in [0.1, 0.15) is 5.82 Å². The number of hydrogen-bond donors (Lipinski definition) is 2. The van der Waals surface area contributed by atoms with Gasteiger partial charge in [0, 0.05) is 39.4 Å². The number of benzene rings is 1. The number of ether oxygens (including phenoxy) is 2. The highest BCUT2D eigenvalue weighted by Crippen LogP contribution is 2.34. The number of halogens is 4. The molecule has 0 fully saturated rings. The van der Waals surface area contributed by atoms with Crippen LogP contribution in [0.15, 0.2) is 35.5 Å². The van der Waals surface area contributed by atoms with E-state index >= 15 is 0 Å². The topological polar surface area (TPSA) is 71.0 Å². The second-order valence-electron chi connectivity index (χ2n) is 6.95. The van der Waals surface area contributed by atoms with Crippen molar-refractivity contribution in [2.75, 3.05) is 46.2 Å². The van der Waals surface area contributed by atoms with Gasteiger partial charge in [0.25, 0.3) is 0 Å². The van der Waals surface area contributed by atoms with Crippen LogP contribution in [0.25, 0.3) is 0 Å². The van der Waals surface area contributed by atoms with Crippen LogP contribution in [-0.4, -0.2) is 56.7 Å². The Morgan fingerprint density at radius 1 is 1.16 bits per heavy atom. The first-order valence-corrected chi connectivity index (χ1v) is 9.82. The van der Waals surface area contributed by atoms with Gasteiger partial charge in [-0.05, 0) is 41.8 Å². The van der Waals surface area contributed by atoms with Crippen molar-refractivity contribution in [1.29, 1.82) is 0 Å². The minimum Gasteiger partial charge on any atom is -0.493 e. The molecule has 0 atom stereocenters. The molecule has 0 bridgehead atoms. The van der Waals surface area contributed by atoms with E-state index in [1.54, 1.807) is 21.3 Å². The molecule has 2 N–H and O–H groups in total. The van der Waals surface area contributed by atoms with Crippen LogP contribution in [0.5, 0.6) is 11.5 Å². The first-order valence-electron chi connectivity index (χ1n) is 9.82. The molecule has 0 aliphatic carbocycles. The molecule has 1 aromatic heterocycles. The van der Waals surface area contributed by atoms with Crippen LogP contribution < -0.4 is 20.1 Å². The summed E-state index contributed by atoms with van der Waals surface area (Å²) in [6, 6.07) is 6.24. The number of aliphatic imine (C=N–C) groups is 1. The lowest BCUT2D eigenvalue weighted by molar-refractivity contribution is -0.137. The number of anilines is 1. The maximum Gasteiger partial charge on any atom is 0.419 e. The van der Waals surface area contributed by atoms with Crippen LogP contribution in [0, 0.1) is 0 Å². The molecule has 32 heavy (non-hydrogen) atoms. The number of nitrogens with one attached hydrogen (secondary N) is 2. The van der Waals surface area contributed by atoms with Gasteiger partial charge in [-0.3, -0.25) is 4.99 Å². The van der Waals surface area contributed by atoms with Crippen molar-refractivity contribution >= 4 is 35.8 Å². The van der Waals surface area contributed by atoms with Crippen molar-refractivity contribution in [3.63, 3.8) is 0 Å². The third kappa shape index (κ3) is 6.08. The van der Waals surface area contributed by atoms with Crippen LogP contribution in [0.3, 0.4) is 0 Å². The Bertz CT molecular complexity index is 940. The number of rotatable bonds is 6. The quantitative estimate of drug-likeness (QED) is 0.241. The van der Waals surface area contributed by atoms with Gasteiger partial charge < -0.3 is 25.0 Å². The van der Waals surface area contributed by atoms with Crippen LogP contribution in [0.4, 0.5) is 19.0 Å².